The number of fused-ring (bicyclic) bond motifs is 8. The summed E-state index contributed by atoms with van der Waals surface area (Å²) in [4.78, 5) is 7.53. The molecule has 5 heteroatoms. The maximum atomic E-state index is 7.00. The number of para-hydroxylation sites is 3. The third kappa shape index (κ3) is 6.77. The Hall–Kier alpha value is -9.32. The van der Waals surface area contributed by atoms with Crippen LogP contribution < -0.4 is 25.5 Å². The molecule has 71 heavy (non-hydrogen) atoms. The topological polar surface area (TPSA) is 22.9 Å². The van der Waals surface area contributed by atoms with Crippen molar-refractivity contribution in [3.63, 3.8) is 0 Å². The van der Waals surface area contributed by atoms with E-state index in [2.05, 4.69) is 282 Å². The Bertz CT molecular complexity index is 3910. The lowest BCUT2D eigenvalue weighted by atomic mass is 9.43. The number of furan rings is 1. The Morgan fingerprint density at radius 1 is 0.352 bits per heavy atom. The van der Waals surface area contributed by atoms with Crippen molar-refractivity contribution < 1.29 is 4.42 Å². The van der Waals surface area contributed by atoms with Gasteiger partial charge in [0.1, 0.15) is 11.2 Å². The Morgan fingerprint density at radius 2 is 0.887 bits per heavy atom. The smallest absolute Gasteiger partial charge is 0.333 e. The molecule has 0 saturated carbocycles. The zero-order chi connectivity index (χ0) is 46.8. The van der Waals surface area contributed by atoms with Gasteiger partial charge in [-0.2, -0.15) is 0 Å². The summed E-state index contributed by atoms with van der Waals surface area (Å²) in [6, 6.07) is 96.8. The number of hydrogen-bond acceptors (Lipinski definition) is 4. The molecule has 2 aliphatic rings. The summed E-state index contributed by atoms with van der Waals surface area (Å²) in [5, 5.41) is 2.19. The third-order valence-electron chi connectivity index (χ3n) is 14.4. The van der Waals surface area contributed by atoms with Crippen LogP contribution in [-0.2, 0) is 0 Å². The molecule has 0 radical (unpaired) electrons. The second-order valence-electron chi connectivity index (χ2n) is 18.4. The van der Waals surface area contributed by atoms with Crippen LogP contribution in [0.2, 0.25) is 0 Å². The molecule has 0 fully saturated rings. The van der Waals surface area contributed by atoms with Crippen LogP contribution in [0.15, 0.2) is 271 Å². The van der Waals surface area contributed by atoms with Crippen molar-refractivity contribution in [3.8, 4) is 44.5 Å². The quantitative estimate of drug-likeness (QED) is 0.142. The molecule has 3 heterocycles. The fraction of sp³-hybridized carbons (Fsp3) is 0. The second kappa shape index (κ2) is 16.7. The van der Waals surface area contributed by atoms with E-state index in [-0.39, 0.29) is 6.85 Å². The number of hydrogen-bond donors (Lipinski definition) is 0. The molecule has 0 saturated heterocycles. The van der Waals surface area contributed by atoms with Gasteiger partial charge in [0.2, 0.25) is 0 Å². The maximum absolute atomic E-state index is 7.00. The van der Waals surface area contributed by atoms with E-state index < -0.39 is 0 Å². The highest BCUT2D eigenvalue weighted by Gasteiger charge is 2.47. The third-order valence-corrected chi connectivity index (χ3v) is 14.4. The highest BCUT2D eigenvalue weighted by Crippen LogP contribution is 2.53. The molecule has 0 atom stereocenters. The lowest BCUT2D eigenvalue weighted by Gasteiger charge is -2.46. The molecule has 0 aliphatic carbocycles. The molecular weight excluding hydrogens is 862 g/mol. The van der Waals surface area contributed by atoms with Crippen LogP contribution in [0.1, 0.15) is 0 Å². The van der Waals surface area contributed by atoms with E-state index in [4.69, 9.17) is 4.42 Å². The predicted molar refractivity (Wildman–Crippen MR) is 298 cm³/mol. The van der Waals surface area contributed by atoms with Gasteiger partial charge in [0.25, 0.3) is 0 Å². The highest BCUT2D eigenvalue weighted by molar-refractivity contribution is 6.94. The van der Waals surface area contributed by atoms with Gasteiger partial charge in [0, 0.05) is 50.8 Å². The molecular formula is C66H44BN3O. The summed E-state index contributed by atoms with van der Waals surface area (Å²) in [7, 11) is 0. The first-order valence-electron chi connectivity index (χ1n) is 24.4. The number of rotatable bonds is 8. The lowest BCUT2D eigenvalue weighted by molar-refractivity contribution is 0.669. The van der Waals surface area contributed by atoms with Gasteiger partial charge in [-0.05, 0) is 129 Å². The van der Waals surface area contributed by atoms with Gasteiger partial charge in [-0.1, -0.05) is 188 Å². The van der Waals surface area contributed by atoms with E-state index in [1.165, 1.54) is 27.6 Å². The van der Waals surface area contributed by atoms with Gasteiger partial charge in [0.05, 0.1) is 11.1 Å². The molecule has 1 aromatic heterocycles. The van der Waals surface area contributed by atoms with Crippen molar-refractivity contribution in [3.05, 3.63) is 267 Å². The van der Waals surface area contributed by atoms with Crippen LogP contribution in [0.4, 0.5) is 45.5 Å². The van der Waals surface area contributed by atoms with Crippen molar-refractivity contribution in [1.29, 1.82) is 0 Å². The average Bonchev–Trinajstić information content (AvgIpc) is 3.83. The van der Waals surface area contributed by atoms with Crippen LogP contribution >= 0.6 is 0 Å². The molecule has 0 unspecified atom stereocenters. The largest absolute Gasteiger partial charge is 0.456 e. The van der Waals surface area contributed by atoms with Crippen molar-refractivity contribution in [2.45, 2.75) is 0 Å². The maximum Gasteiger partial charge on any atom is 0.333 e. The minimum absolute atomic E-state index is 0.248. The molecule has 332 valence electrons. The summed E-state index contributed by atoms with van der Waals surface area (Å²) < 4.78 is 7.00. The van der Waals surface area contributed by atoms with Crippen molar-refractivity contribution in [2.24, 2.45) is 0 Å². The Labute approximate surface area is 413 Å². The monoisotopic (exact) mass is 905 g/mol. The zero-order valence-corrected chi connectivity index (χ0v) is 38.7. The normalized spacial score (nSPS) is 12.4. The van der Waals surface area contributed by atoms with Gasteiger partial charge >= 0.3 is 6.85 Å². The van der Waals surface area contributed by atoms with E-state index in [9.17, 15) is 0 Å². The van der Waals surface area contributed by atoms with Crippen molar-refractivity contribution in [2.75, 3.05) is 14.6 Å². The first-order valence-corrected chi connectivity index (χ1v) is 24.4. The first kappa shape index (κ1) is 40.7. The van der Waals surface area contributed by atoms with E-state index in [1.54, 1.807) is 0 Å². The molecule has 0 amide bonds. The molecule has 11 aromatic carbocycles. The highest BCUT2D eigenvalue weighted by atomic mass is 16.3. The molecule has 4 nitrogen and oxygen atoms in total. The SMILES string of the molecule is c1ccc(-c2cccc(N3B4c5ccc(-c6ccccc6)cc5N(c5cccc(-c6ccccc6)c5)c5c4c(cc4oc6ccccc6c54)-c4ccc(N(c5ccccc5)c5ccccc5)cc43)c2)cc1. The van der Waals surface area contributed by atoms with E-state index in [0.717, 1.165) is 95.3 Å². The van der Waals surface area contributed by atoms with Crippen LogP contribution in [-0.4, -0.2) is 6.85 Å². The number of benzene rings is 11. The minimum atomic E-state index is -0.248. The molecule has 2 aliphatic heterocycles. The summed E-state index contributed by atoms with van der Waals surface area (Å²) in [6.45, 7) is -0.248. The summed E-state index contributed by atoms with van der Waals surface area (Å²) >= 11 is 0. The van der Waals surface area contributed by atoms with Gasteiger partial charge < -0.3 is 19.0 Å². The number of anilines is 8. The van der Waals surface area contributed by atoms with Crippen LogP contribution in [0, 0.1) is 0 Å². The Kier molecular flexibility index (Phi) is 9.59. The molecule has 14 rings (SSSR count). The molecule has 0 N–H and O–H groups in total. The van der Waals surface area contributed by atoms with Gasteiger partial charge in [-0.15, -0.1) is 0 Å². The summed E-state index contributed by atoms with van der Waals surface area (Å²) in [6.07, 6.45) is 0. The first-order chi connectivity index (χ1) is 35.2. The summed E-state index contributed by atoms with van der Waals surface area (Å²) in [5.41, 5.74) is 22.2. The average molecular weight is 906 g/mol. The van der Waals surface area contributed by atoms with Crippen LogP contribution in [0.5, 0.6) is 0 Å². The molecule has 0 bridgehead atoms. The van der Waals surface area contributed by atoms with Crippen molar-refractivity contribution in [1.82, 2.24) is 0 Å². The lowest BCUT2D eigenvalue weighted by Crippen LogP contribution is -2.61. The molecule has 0 spiro atoms. The van der Waals surface area contributed by atoms with Gasteiger partial charge in [0.15, 0.2) is 0 Å². The van der Waals surface area contributed by atoms with Crippen LogP contribution in [0.25, 0.3) is 66.4 Å². The Morgan fingerprint density at radius 3 is 1.52 bits per heavy atom. The predicted octanol–water partition coefficient (Wildman–Crippen LogP) is 16.8. The molecule has 12 aromatic rings. The summed E-state index contributed by atoms with van der Waals surface area (Å²) in [5.74, 6) is 0. The van der Waals surface area contributed by atoms with Gasteiger partial charge in [-0.3, -0.25) is 0 Å². The fourth-order valence-corrected chi connectivity index (χ4v) is 11.2. The van der Waals surface area contributed by atoms with Crippen LogP contribution in [0.3, 0.4) is 0 Å². The number of nitrogens with zero attached hydrogens (tertiary/aromatic N) is 3. The zero-order valence-electron chi connectivity index (χ0n) is 38.7. The fourth-order valence-electron chi connectivity index (χ4n) is 11.2. The van der Waals surface area contributed by atoms with Crippen molar-refractivity contribution >= 4 is 85.2 Å². The standard InChI is InChI=1S/C66H44BN3O/c1-6-20-45(21-7-1)48-26-18-32-53(40-48)69-61-42-50(47-24-10-3-11-25-47)36-39-59(61)67-65-58(44-63-64(66(65)69)57-34-16-17-35-62(57)71-63)56-38-37-54(68(51-28-12-4-13-29-51)52-30-14-5-15-31-52)43-60(56)70(67)55-33-19-27-49(41-55)46-22-8-2-9-23-46/h1-44H. The van der Waals surface area contributed by atoms with E-state index in [1.807, 2.05) is 0 Å². The van der Waals surface area contributed by atoms with Gasteiger partial charge in [-0.25, -0.2) is 0 Å². The second-order valence-corrected chi connectivity index (χ2v) is 18.4. The van der Waals surface area contributed by atoms with E-state index in [0.29, 0.717) is 0 Å². The minimum Gasteiger partial charge on any atom is -0.456 e. The Balaban J connectivity index is 1.11. The van der Waals surface area contributed by atoms with E-state index >= 15 is 0 Å².